The zero-order valence-corrected chi connectivity index (χ0v) is 12.7. The fourth-order valence-electron chi connectivity index (χ4n) is 2.14. The van der Waals surface area contributed by atoms with Crippen molar-refractivity contribution in [3.05, 3.63) is 29.8 Å². The molecular formula is C15H20N4O4. The van der Waals surface area contributed by atoms with Crippen molar-refractivity contribution < 1.29 is 19.1 Å². The Bertz CT molecular complexity index is 573. The number of rotatable bonds is 7. The predicted molar refractivity (Wildman–Crippen MR) is 82.4 cm³/mol. The Labute approximate surface area is 134 Å². The van der Waals surface area contributed by atoms with Crippen LogP contribution in [0.4, 0.5) is 0 Å². The fraction of sp³-hybridized carbons (Fsp3) is 0.400. The van der Waals surface area contributed by atoms with E-state index >= 15 is 0 Å². The zero-order chi connectivity index (χ0) is 16.7. The Balaban J connectivity index is 1.73. The van der Waals surface area contributed by atoms with E-state index in [0.29, 0.717) is 25.4 Å². The van der Waals surface area contributed by atoms with Gasteiger partial charge in [0.05, 0.1) is 13.1 Å². The average molecular weight is 320 g/mol. The Morgan fingerprint density at radius 1 is 1.30 bits per heavy atom. The van der Waals surface area contributed by atoms with Crippen LogP contribution in [0.25, 0.3) is 0 Å². The zero-order valence-electron chi connectivity index (χ0n) is 12.7. The maximum atomic E-state index is 11.9. The number of carbonyl (C=O) groups is 3. The van der Waals surface area contributed by atoms with Crippen LogP contribution in [0.1, 0.15) is 5.56 Å². The summed E-state index contributed by atoms with van der Waals surface area (Å²) >= 11 is 0. The lowest BCUT2D eigenvalue weighted by atomic mass is 10.2. The molecule has 1 heterocycles. The molecule has 1 saturated heterocycles. The molecule has 0 unspecified atom stereocenters. The second-order valence-corrected chi connectivity index (χ2v) is 5.24. The molecule has 0 atom stereocenters. The van der Waals surface area contributed by atoms with Gasteiger partial charge in [0.2, 0.25) is 11.8 Å². The Hall–Kier alpha value is -2.61. The Kier molecular flexibility index (Phi) is 5.93. The van der Waals surface area contributed by atoms with E-state index in [1.165, 1.54) is 0 Å². The molecule has 8 heteroatoms. The van der Waals surface area contributed by atoms with E-state index in [9.17, 15) is 14.4 Å². The monoisotopic (exact) mass is 320 g/mol. The number of nitrogens with one attached hydrogen (secondary N) is 2. The highest BCUT2D eigenvalue weighted by Crippen LogP contribution is 2.11. The second kappa shape index (κ2) is 8.14. The average Bonchev–Trinajstić information content (AvgIpc) is 2.52. The van der Waals surface area contributed by atoms with Crippen LogP contribution in [-0.2, 0) is 20.9 Å². The summed E-state index contributed by atoms with van der Waals surface area (Å²) in [6, 6.07) is 7.01. The number of amides is 3. The van der Waals surface area contributed by atoms with Gasteiger partial charge >= 0.3 is 0 Å². The van der Waals surface area contributed by atoms with Gasteiger partial charge in [0.1, 0.15) is 5.75 Å². The van der Waals surface area contributed by atoms with Crippen LogP contribution < -0.4 is 21.1 Å². The van der Waals surface area contributed by atoms with E-state index in [1.54, 1.807) is 29.2 Å². The van der Waals surface area contributed by atoms with Crippen molar-refractivity contribution >= 4 is 17.7 Å². The fourth-order valence-corrected chi connectivity index (χ4v) is 2.14. The highest BCUT2D eigenvalue weighted by Gasteiger charge is 2.18. The molecule has 124 valence electrons. The third kappa shape index (κ3) is 5.95. The van der Waals surface area contributed by atoms with Crippen molar-refractivity contribution in [3.63, 3.8) is 0 Å². The van der Waals surface area contributed by atoms with Gasteiger partial charge in [-0.25, -0.2) is 0 Å². The van der Waals surface area contributed by atoms with Crippen LogP contribution in [0.3, 0.4) is 0 Å². The van der Waals surface area contributed by atoms with Crippen molar-refractivity contribution in [1.29, 1.82) is 0 Å². The SMILES string of the molecule is NC(=O)COc1ccc(CNC(=O)CN2CCNC(=O)C2)cc1. The number of nitrogens with two attached hydrogens (primary N) is 1. The molecule has 0 saturated carbocycles. The maximum Gasteiger partial charge on any atom is 0.255 e. The van der Waals surface area contributed by atoms with E-state index in [4.69, 9.17) is 10.5 Å². The van der Waals surface area contributed by atoms with Crippen LogP contribution in [0.2, 0.25) is 0 Å². The van der Waals surface area contributed by atoms with Gasteiger partial charge in [-0.15, -0.1) is 0 Å². The summed E-state index contributed by atoms with van der Waals surface area (Å²) in [6.45, 7) is 1.91. The molecule has 1 aromatic carbocycles. The van der Waals surface area contributed by atoms with Gasteiger partial charge in [0, 0.05) is 19.6 Å². The number of benzene rings is 1. The van der Waals surface area contributed by atoms with Crippen LogP contribution in [-0.4, -0.2) is 55.4 Å². The van der Waals surface area contributed by atoms with E-state index in [1.807, 2.05) is 0 Å². The lowest BCUT2D eigenvalue weighted by Crippen LogP contribution is -2.50. The standard InChI is InChI=1S/C15H20N4O4/c16-13(20)10-23-12-3-1-11(2-4-12)7-18-15(22)9-19-6-5-17-14(21)8-19/h1-4H,5-10H2,(H2,16,20)(H,17,21)(H,18,22). The first-order valence-electron chi connectivity index (χ1n) is 7.29. The summed E-state index contributed by atoms with van der Waals surface area (Å²) < 4.78 is 5.15. The lowest BCUT2D eigenvalue weighted by Gasteiger charge is -2.25. The highest BCUT2D eigenvalue weighted by molar-refractivity contribution is 5.81. The van der Waals surface area contributed by atoms with E-state index in [-0.39, 0.29) is 31.5 Å². The number of primary amides is 1. The van der Waals surface area contributed by atoms with Gasteiger partial charge in [0.25, 0.3) is 5.91 Å². The minimum atomic E-state index is -0.535. The molecule has 2 rings (SSSR count). The first kappa shape index (κ1) is 16.8. The van der Waals surface area contributed by atoms with Crippen molar-refractivity contribution in [2.24, 2.45) is 5.73 Å². The number of ether oxygens (including phenoxy) is 1. The van der Waals surface area contributed by atoms with Crippen molar-refractivity contribution in [3.8, 4) is 5.75 Å². The number of hydrogen-bond donors (Lipinski definition) is 3. The van der Waals surface area contributed by atoms with Gasteiger partial charge < -0.3 is 21.1 Å². The van der Waals surface area contributed by atoms with Gasteiger partial charge in [-0.2, -0.15) is 0 Å². The lowest BCUT2D eigenvalue weighted by molar-refractivity contribution is -0.127. The summed E-state index contributed by atoms with van der Waals surface area (Å²) in [6.07, 6.45) is 0. The number of piperazine rings is 1. The van der Waals surface area contributed by atoms with Gasteiger partial charge in [-0.3, -0.25) is 19.3 Å². The van der Waals surface area contributed by atoms with Crippen molar-refractivity contribution in [2.45, 2.75) is 6.54 Å². The number of nitrogens with zero attached hydrogens (tertiary/aromatic N) is 1. The summed E-state index contributed by atoms with van der Waals surface area (Å²) in [4.78, 5) is 35.5. The number of carbonyl (C=O) groups excluding carboxylic acids is 3. The molecule has 1 aromatic rings. The molecule has 0 spiro atoms. The van der Waals surface area contributed by atoms with Crippen molar-refractivity contribution in [1.82, 2.24) is 15.5 Å². The molecular weight excluding hydrogens is 300 g/mol. The highest BCUT2D eigenvalue weighted by atomic mass is 16.5. The Morgan fingerprint density at radius 2 is 2.04 bits per heavy atom. The van der Waals surface area contributed by atoms with E-state index in [0.717, 1.165) is 5.56 Å². The second-order valence-electron chi connectivity index (χ2n) is 5.24. The van der Waals surface area contributed by atoms with E-state index < -0.39 is 5.91 Å². The molecule has 1 aliphatic heterocycles. The first-order valence-corrected chi connectivity index (χ1v) is 7.29. The summed E-state index contributed by atoms with van der Waals surface area (Å²) in [5.41, 5.74) is 5.90. The maximum absolute atomic E-state index is 11.9. The molecule has 4 N–H and O–H groups in total. The summed E-state index contributed by atoms with van der Waals surface area (Å²) in [5.74, 6) is -0.185. The smallest absolute Gasteiger partial charge is 0.255 e. The molecule has 0 aliphatic carbocycles. The van der Waals surface area contributed by atoms with Crippen LogP contribution in [0, 0.1) is 0 Å². The largest absolute Gasteiger partial charge is 0.484 e. The van der Waals surface area contributed by atoms with Gasteiger partial charge in [-0.05, 0) is 17.7 Å². The molecule has 23 heavy (non-hydrogen) atoms. The summed E-state index contributed by atoms with van der Waals surface area (Å²) in [7, 11) is 0. The molecule has 1 fully saturated rings. The molecule has 8 nitrogen and oxygen atoms in total. The van der Waals surface area contributed by atoms with E-state index in [2.05, 4.69) is 10.6 Å². The molecule has 0 aromatic heterocycles. The molecule has 0 bridgehead atoms. The third-order valence-electron chi connectivity index (χ3n) is 3.28. The first-order chi connectivity index (χ1) is 11.0. The van der Waals surface area contributed by atoms with Crippen LogP contribution in [0.15, 0.2) is 24.3 Å². The van der Waals surface area contributed by atoms with Gasteiger partial charge in [-0.1, -0.05) is 12.1 Å². The van der Waals surface area contributed by atoms with Crippen LogP contribution >= 0.6 is 0 Å². The van der Waals surface area contributed by atoms with Crippen LogP contribution in [0.5, 0.6) is 5.75 Å². The topological polar surface area (TPSA) is 114 Å². The normalized spacial score (nSPS) is 14.9. The Morgan fingerprint density at radius 3 is 2.70 bits per heavy atom. The van der Waals surface area contributed by atoms with Gasteiger partial charge in [0.15, 0.2) is 6.61 Å². The third-order valence-corrected chi connectivity index (χ3v) is 3.28. The number of hydrogen-bond acceptors (Lipinski definition) is 5. The quantitative estimate of drug-likeness (QED) is 0.572. The minimum Gasteiger partial charge on any atom is -0.484 e. The summed E-state index contributed by atoms with van der Waals surface area (Å²) in [5, 5.41) is 5.52. The minimum absolute atomic E-state index is 0.0596. The molecule has 3 amide bonds. The van der Waals surface area contributed by atoms with Crippen molar-refractivity contribution in [2.75, 3.05) is 32.8 Å². The predicted octanol–water partition coefficient (Wildman–Crippen LogP) is -1.40. The molecule has 0 radical (unpaired) electrons. The molecule has 1 aliphatic rings.